The predicted octanol–water partition coefficient (Wildman–Crippen LogP) is 4.05. The Morgan fingerprint density at radius 3 is 2.66 bits per heavy atom. The monoisotopic (exact) mass is 431 g/mol. The van der Waals surface area contributed by atoms with Gasteiger partial charge in [-0.05, 0) is 42.0 Å². The third-order valence-corrected chi connectivity index (χ3v) is 5.18. The average Bonchev–Trinajstić information content (AvgIpc) is 3.20. The van der Waals surface area contributed by atoms with Crippen molar-refractivity contribution in [3.05, 3.63) is 78.1 Å². The van der Waals surface area contributed by atoms with Gasteiger partial charge in [-0.2, -0.15) is 0 Å². The number of ether oxygens (including phenoxy) is 2. The number of hydrogen-bond acceptors (Lipinski definition) is 5. The SMILES string of the molecule is O=C(CN1C(=O)CC(c2ccc(F)cc2)=Nc2ccccc21)Nc1ccc2c(c1)OCO2. The van der Waals surface area contributed by atoms with Crippen LogP contribution in [0.5, 0.6) is 11.5 Å². The van der Waals surface area contributed by atoms with E-state index in [-0.39, 0.29) is 37.4 Å². The van der Waals surface area contributed by atoms with Crippen molar-refractivity contribution in [3.8, 4) is 11.5 Å². The first-order valence-corrected chi connectivity index (χ1v) is 9.99. The summed E-state index contributed by atoms with van der Waals surface area (Å²) >= 11 is 0. The Kier molecular flexibility index (Phi) is 5.03. The Balaban J connectivity index is 1.38. The Hall–Kier alpha value is -4.20. The molecular formula is C24H18FN3O4. The van der Waals surface area contributed by atoms with Crippen molar-refractivity contribution >= 4 is 34.6 Å². The van der Waals surface area contributed by atoms with E-state index in [1.54, 1.807) is 48.5 Å². The van der Waals surface area contributed by atoms with E-state index < -0.39 is 0 Å². The Morgan fingerprint density at radius 2 is 1.81 bits per heavy atom. The topological polar surface area (TPSA) is 80.2 Å². The summed E-state index contributed by atoms with van der Waals surface area (Å²) in [5, 5.41) is 2.79. The number of rotatable bonds is 4. The van der Waals surface area contributed by atoms with Gasteiger partial charge in [0.2, 0.25) is 18.6 Å². The number of amides is 2. The predicted molar refractivity (Wildman–Crippen MR) is 117 cm³/mol. The summed E-state index contributed by atoms with van der Waals surface area (Å²) < 4.78 is 23.9. The van der Waals surface area contributed by atoms with Gasteiger partial charge in [0.25, 0.3) is 0 Å². The van der Waals surface area contributed by atoms with Crippen LogP contribution < -0.4 is 19.7 Å². The van der Waals surface area contributed by atoms with Gasteiger partial charge in [-0.15, -0.1) is 0 Å². The van der Waals surface area contributed by atoms with Crippen LogP contribution in [0, 0.1) is 5.82 Å². The number of benzene rings is 3. The van der Waals surface area contributed by atoms with Gasteiger partial charge in [0.1, 0.15) is 12.4 Å². The fraction of sp³-hybridized carbons (Fsp3) is 0.125. The Labute approximate surface area is 183 Å². The second-order valence-corrected chi connectivity index (χ2v) is 7.33. The number of carbonyl (C=O) groups excluding carboxylic acids is 2. The zero-order valence-corrected chi connectivity index (χ0v) is 16.9. The van der Waals surface area contributed by atoms with E-state index in [2.05, 4.69) is 10.3 Å². The molecule has 2 amide bonds. The van der Waals surface area contributed by atoms with Gasteiger partial charge >= 0.3 is 0 Å². The first kappa shape index (κ1) is 19.7. The minimum Gasteiger partial charge on any atom is -0.454 e. The van der Waals surface area contributed by atoms with Crippen LogP contribution in [0.4, 0.5) is 21.5 Å². The van der Waals surface area contributed by atoms with E-state index in [1.807, 2.05) is 6.07 Å². The van der Waals surface area contributed by atoms with Crippen LogP contribution in [0.2, 0.25) is 0 Å². The lowest BCUT2D eigenvalue weighted by Crippen LogP contribution is -2.38. The molecule has 0 saturated carbocycles. The highest BCUT2D eigenvalue weighted by molar-refractivity contribution is 6.19. The number of halogens is 1. The molecule has 0 atom stereocenters. The molecule has 5 rings (SSSR count). The molecule has 8 heteroatoms. The fourth-order valence-electron chi connectivity index (χ4n) is 3.65. The molecule has 2 heterocycles. The Bertz CT molecular complexity index is 1240. The molecule has 7 nitrogen and oxygen atoms in total. The van der Waals surface area contributed by atoms with Crippen LogP contribution in [0.3, 0.4) is 0 Å². The average molecular weight is 431 g/mol. The number of hydrogen-bond donors (Lipinski definition) is 1. The molecule has 0 aliphatic carbocycles. The quantitative estimate of drug-likeness (QED) is 0.676. The van der Waals surface area contributed by atoms with Gasteiger partial charge < -0.3 is 19.7 Å². The molecule has 32 heavy (non-hydrogen) atoms. The molecular weight excluding hydrogens is 413 g/mol. The molecule has 160 valence electrons. The maximum atomic E-state index is 13.3. The number of para-hydroxylation sites is 2. The molecule has 0 fully saturated rings. The van der Waals surface area contributed by atoms with Gasteiger partial charge in [0, 0.05) is 11.8 Å². The van der Waals surface area contributed by atoms with Crippen LogP contribution in [0.25, 0.3) is 0 Å². The van der Waals surface area contributed by atoms with Crippen molar-refractivity contribution in [2.24, 2.45) is 4.99 Å². The molecule has 0 unspecified atom stereocenters. The van der Waals surface area contributed by atoms with Gasteiger partial charge in [-0.1, -0.05) is 24.3 Å². The summed E-state index contributed by atoms with van der Waals surface area (Å²) in [6.07, 6.45) is -0.0163. The molecule has 1 N–H and O–H groups in total. The molecule has 2 aliphatic heterocycles. The number of fused-ring (bicyclic) bond motifs is 2. The molecule has 0 radical (unpaired) electrons. The van der Waals surface area contributed by atoms with E-state index in [9.17, 15) is 14.0 Å². The minimum atomic E-state index is -0.364. The van der Waals surface area contributed by atoms with E-state index in [0.717, 1.165) is 0 Å². The molecule has 3 aromatic rings. The largest absolute Gasteiger partial charge is 0.454 e. The molecule has 0 aromatic heterocycles. The van der Waals surface area contributed by atoms with E-state index >= 15 is 0 Å². The second kappa shape index (κ2) is 8.14. The standard InChI is InChI=1S/C24H18FN3O4/c25-16-7-5-15(6-8-16)19-12-24(30)28(20-4-2-1-3-18(20)27-19)13-23(29)26-17-9-10-21-22(11-17)32-14-31-21/h1-11H,12-14H2,(H,26,29). The van der Waals surface area contributed by atoms with Gasteiger partial charge in [0.05, 0.1) is 23.5 Å². The summed E-state index contributed by atoms with van der Waals surface area (Å²) in [4.78, 5) is 32.0. The lowest BCUT2D eigenvalue weighted by molar-refractivity contribution is -0.120. The number of nitrogens with one attached hydrogen (secondary N) is 1. The maximum Gasteiger partial charge on any atom is 0.244 e. The van der Waals surface area contributed by atoms with Crippen molar-refractivity contribution in [1.82, 2.24) is 0 Å². The van der Waals surface area contributed by atoms with Crippen molar-refractivity contribution in [2.75, 3.05) is 23.6 Å². The van der Waals surface area contributed by atoms with Crippen LogP contribution in [0.15, 0.2) is 71.7 Å². The third-order valence-electron chi connectivity index (χ3n) is 5.18. The summed E-state index contributed by atoms with van der Waals surface area (Å²) in [5.41, 5.74) is 2.81. The zero-order valence-electron chi connectivity index (χ0n) is 16.9. The lowest BCUT2D eigenvalue weighted by atomic mass is 10.1. The first-order chi connectivity index (χ1) is 15.6. The molecule has 0 spiro atoms. The minimum absolute atomic E-state index is 0.0163. The van der Waals surface area contributed by atoms with Crippen LogP contribution in [-0.2, 0) is 9.59 Å². The van der Waals surface area contributed by atoms with E-state index in [1.165, 1.54) is 17.0 Å². The van der Waals surface area contributed by atoms with Crippen molar-refractivity contribution in [1.29, 1.82) is 0 Å². The maximum absolute atomic E-state index is 13.3. The highest BCUT2D eigenvalue weighted by Crippen LogP contribution is 2.35. The van der Waals surface area contributed by atoms with Crippen LogP contribution in [0.1, 0.15) is 12.0 Å². The lowest BCUT2D eigenvalue weighted by Gasteiger charge is -2.22. The number of carbonyl (C=O) groups is 2. The fourth-order valence-corrected chi connectivity index (χ4v) is 3.65. The van der Waals surface area contributed by atoms with Crippen LogP contribution in [-0.4, -0.2) is 30.9 Å². The third kappa shape index (κ3) is 3.90. The van der Waals surface area contributed by atoms with Crippen molar-refractivity contribution < 1.29 is 23.5 Å². The summed E-state index contributed by atoms with van der Waals surface area (Å²) in [7, 11) is 0. The molecule has 3 aromatic carbocycles. The summed E-state index contributed by atoms with van der Waals surface area (Å²) in [6, 6.07) is 18.1. The highest BCUT2D eigenvalue weighted by Gasteiger charge is 2.27. The molecule has 0 bridgehead atoms. The van der Waals surface area contributed by atoms with E-state index in [0.29, 0.717) is 39.8 Å². The number of anilines is 2. The molecule has 2 aliphatic rings. The normalized spacial score (nSPS) is 14.5. The number of nitrogens with zero attached hydrogens (tertiary/aromatic N) is 2. The van der Waals surface area contributed by atoms with Gasteiger partial charge in [-0.3, -0.25) is 14.6 Å². The van der Waals surface area contributed by atoms with Crippen molar-refractivity contribution in [2.45, 2.75) is 6.42 Å². The van der Waals surface area contributed by atoms with Gasteiger partial charge in [-0.25, -0.2) is 4.39 Å². The van der Waals surface area contributed by atoms with Gasteiger partial charge in [0.15, 0.2) is 11.5 Å². The van der Waals surface area contributed by atoms with Crippen molar-refractivity contribution in [3.63, 3.8) is 0 Å². The smallest absolute Gasteiger partial charge is 0.244 e. The summed E-state index contributed by atoms with van der Waals surface area (Å²) in [5.74, 6) is 0.161. The highest BCUT2D eigenvalue weighted by atomic mass is 19.1. The zero-order chi connectivity index (χ0) is 22.1. The molecule has 0 saturated heterocycles. The first-order valence-electron chi connectivity index (χ1n) is 9.99. The number of aliphatic imine (C=N–C) groups is 1. The second-order valence-electron chi connectivity index (χ2n) is 7.33. The van der Waals surface area contributed by atoms with E-state index in [4.69, 9.17) is 9.47 Å². The Morgan fingerprint density at radius 1 is 1.03 bits per heavy atom. The van der Waals surface area contributed by atoms with Crippen LogP contribution >= 0.6 is 0 Å². The summed E-state index contributed by atoms with van der Waals surface area (Å²) in [6.45, 7) is -0.0430.